The van der Waals surface area contributed by atoms with Crippen molar-refractivity contribution < 1.29 is 23.4 Å². The van der Waals surface area contributed by atoms with Gasteiger partial charge < -0.3 is 21.3 Å². The third kappa shape index (κ3) is 7.05. The highest BCUT2D eigenvalue weighted by Crippen LogP contribution is 2.27. The van der Waals surface area contributed by atoms with Crippen molar-refractivity contribution in [2.24, 2.45) is 0 Å². The molecule has 0 spiro atoms. The molecule has 0 saturated carbocycles. The molecule has 8 nitrogen and oxygen atoms in total. The number of sulfonamides is 1. The number of nitrogen functional groups attached to an aromatic ring is 1. The monoisotopic (exact) mass is 561 g/mol. The van der Waals surface area contributed by atoms with E-state index in [0.29, 0.717) is 11.1 Å². The first-order chi connectivity index (χ1) is 18.8. The number of hydrogen-bond donors (Lipinski definition) is 4. The number of hydrogen-bond acceptors (Lipinski definition) is 6. The first kappa shape index (κ1) is 29.2. The quantitative estimate of drug-likeness (QED) is 0.200. The fourth-order valence-electron chi connectivity index (χ4n) is 4.73. The fourth-order valence-corrected chi connectivity index (χ4v) is 5.99. The molecule has 0 radical (unpaired) electrons. The Balaban J connectivity index is 1.40. The molecule has 210 valence electrons. The Bertz CT molecular complexity index is 1640. The van der Waals surface area contributed by atoms with Crippen LogP contribution in [0.25, 0.3) is 21.9 Å². The van der Waals surface area contributed by atoms with Gasteiger partial charge in [0.15, 0.2) is 0 Å². The zero-order valence-electron chi connectivity index (χ0n) is 22.8. The highest BCUT2D eigenvalue weighted by Gasteiger charge is 2.25. The molecule has 0 amide bonds. The number of anilines is 1. The second-order valence-corrected chi connectivity index (χ2v) is 12.8. The Morgan fingerprint density at radius 3 is 2.40 bits per heavy atom. The molecule has 0 fully saturated rings. The molecule has 0 aromatic heterocycles. The molecule has 4 rings (SSSR count). The van der Waals surface area contributed by atoms with E-state index in [2.05, 4.69) is 35.6 Å². The van der Waals surface area contributed by atoms with Crippen molar-refractivity contribution in [1.82, 2.24) is 9.62 Å². The number of fused-ring (bicyclic) bond motifs is 1. The number of nitrogens with two attached hydrogens (primary N) is 1. The molecule has 0 unspecified atom stereocenters. The number of likely N-dealkylation sites (N-methyl/N-ethyl adjacent to an activating group) is 1. The number of aliphatic hydroxyl groups is 1. The average molecular weight is 562 g/mol. The third-order valence-corrected chi connectivity index (χ3v) is 8.64. The molecule has 1 atom stereocenters. The summed E-state index contributed by atoms with van der Waals surface area (Å²) in [6.07, 6.45) is -0.204. The summed E-state index contributed by atoms with van der Waals surface area (Å²) in [7, 11) is -2.50. The summed E-state index contributed by atoms with van der Waals surface area (Å²) in [6.45, 7) is 4.20. The summed E-state index contributed by atoms with van der Waals surface area (Å²) in [5.74, 6) is -1.12. The summed E-state index contributed by atoms with van der Waals surface area (Å²) in [5.41, 5.74) is 7.99. The van der Waals surface area contributed by atoms with E-state index in [1.54, 1.807) is 18.2 Å². The summed E-state index contributed by atoms with van der Waals surface area (Å²) in [5, 5.41) is 25.8. The standard InChI is InChI=1S/C31H35N3O5S/c1-31(2,18-21-11-12-22-7-4-5-8-23(22)13-21)33-19-28(35)20-34(3)40(38,39)29-10-6-9-24(17-29)25-14-26(30(36)37)16-27(32)15-25/h4-17,28,33,35H,18-20,32H2,1-3H3,(H,36,37)/t28-/m1/s1. The van der Waals surface area contributed by atoms with Gasteiger partial charge in [-0.15, -0.1) is 0 Å². The lowest BCUT2D eigenvalue weighted by Crippen LogP contribution is -2.47. The van der Waals surface area contributed by atoms with Crippen LogP contribution in [0, 0.1) is 0 Å². The van der Waals surface area contributed by atoms with Crippen molar-refractivity contribution in [1.29, 1.82) is 0 Å². The van der Waals surface area contributed by atoms with Crippen molar-refractivity contribution in [2.75, 3.05) is 25.9 Å². The Morgan fingerprint density at radius 2 is 1.68 bits per heavy atom. The summed E-state index contributed by atoms with van der Waals surface area (Å²) in [6, 6.07) is 25.2. The van der Waals surface area contributed by atoms with Crippen LogP contribution in [0.3, 0.4) is 0 Å². The molecule has 0 aliphatic heterocycles. The van der Waals surface area contributed by atoms with E-state index in [1.165, 1.54) is 47.6 Å². The van der Waals surface area contributed by atoms with Gasteiger partial charge in [0.25, 0.3) is 0 Å². The summed E-state index contributed by atoms with van der Waals surface area (Å²) >= 11 is 0. The number of benzene rings is 4. The molecular weight excluding hydrogens is 526 g/mol. The van der Waals surface area contributed by atoms with Gasteiger partial charge in [-0.05, 0) is 78.1 Å². The molecule has 9 heteroatoms. The van der Waals surface area contributed by atoms with Gasteiger partial charge in [0.2, 0.25) is 10.0 Å². The first-order valence-electron chi connectivity index (χ1n) is 13.0. The van der Waals surface area contributed by atoms with E-state index < -0.39 is 22.1 Å². The van der Waals surface area contributed by atoms with Crippen molar-refractivity contribution in [3.8, 4) is 11.1 Å². The van der Waals surface area contributed by atoms with Crippen molar-refractivity contribution >= 4 is 32.5 Å². The van der Waals surface area contributed by atoms with Gasteiger partial charge in [-0.2, -0.15) is 4.31 Å². The number of nitrogens with zero attached hydrogens (tertiary/aromatic N) is 1. The molecule has 0 saturated heterocycles. The van der Waals surface area contributed by atoms with E-state index in [0.717, 1.165) is 10.7 Å². The summed E-state index contributed by atoms with van der Waals surface area (Å²) < 4.78 is 27.8. The molecule has 0 aliphatic rings. The Morgan fingerprint density at radius 1 is 0.950 bits per heavy atom. The van der Waals surface area contributed by atoms with Gasteiger partial charge >= 0.3 is 5.97 Å². The number of rotatable bonds is 11. The van der Waals surface area contributed by atoms with E-state index in [1.807, 2.05) is 26.0 Å². The van der Waals surface area contributed by atoms with Gasteiger partial charge in [-0.3, -0.25) is 0 Å². The molecule has 40 heavy (non-hydrogen) atoms. The number of aliphatic hydroxyl groups excluding tert-OH is 1. The minimum absolute atomic E-state index is 0.0135. The van der Waals surface area contributed by atoms with Crippen molar-refractivity contribution in [3.63, 3.8) is 0 Å². The van der Waals surface area contributed by atoms with Crippen LogP contribution in [0.4, 0.5) is 5.69 Å². The fraction of sp³-hybridized carbons (Fsp3) is 0.258. The largest absolute Gasteiger partial charge is 0.478 e. The average Bonchev–Trinajstić information content (AvgIpc) is 2.91. The van der Waals surface area contributed by atoms with E-state index >= 15 is 0 Å². The predicted octanol–water partition coefficient (Wildman–Crippen LogP) is 4.38. The van der Waals surface area contributed by atoms with Crippen LogP contribution in [0.15, 0.2) is 89.8 Å². The topological polar surface area (TPSA) is 133 Å². The highest BCUT2D eigenvalue weighted by atomic mass is 32.2. The van der Waals surface area contributed by atoms with Crippen LogP contribution in [0.2, 0.25) is 0 Å². The maximum absolute atomic E-state index is 13.3. The number of carboxylic acid groups (broad SMARTS) is 1. The molecule has 5 N–H and O–H groups in total. The van der Waals surface area contributed by atoms with Crippen LogP contribution in [-0.4, -0.2) is 60.7 Å². The number of carbonyl (C=O) groups is 1. The van der Waals surface area contributed by atoms with E-state index in [4.69, 9.17) is 5.73 Å². The van der Waals surface area contributed by atoms with Crippen LogP contribution >= 0.6 is 0 Å². The van der Waals surface area contributed by atoms with Gasteiger partial charge in [0.05, 0.1) is 16.6 Å². The van der Waals surface area contributed by atoms with E-state index in [9.17, 15) is 23.4 Å². The number of aromatic carboxylic acids is 1. The summed E-state index contributed by atoms with van der Waals surface area (Å²) in [4.78, 5) is 11.5. The Labute approximate surface area is 235 Å². The third-order valence-electron chi connectivity index (χ3n) is 6.82. The van der Waals surface area contributed by atoms with Crippen LogP contribution in [0.1, 0.15) is 29.8 Å². The van der Waals surface area contributed by atoms with Crippen LogP contribution in [-0.2, 0) is 16.4 Å². The van der Waals surface area contributed by atoms with Gasteiger partial charge in [-0.25, -0.2) is 13.2 Å². The molecule has 4 aromatic rings. The second kappa shape index (κ2) is 11.8. The lowest BCUT2D eigenvalue weighted by molar-refractivity contribution is 0.0697. The maximum atomic E-state index is 13.3. The Hall–Kier alpha value is -3.76. The van der Waals surface area contributed by atoms with Crippen molar-refractivity contribution in [3.05, 3.63) is 96.1 Å². The highest BCUT2D eigenvalue weighted by molar-refractivity contribution is 7.89. The molecular formula is C31H35N3O5S. The van der Waals surface area contributed by atoms with Gasteiger partial charge in [0.1, 0.15) is 0 Å². The molecule has 0 heterocycles. The number of carboxylic acids is 1. The molecule has 0 bridgehead atoms. The zero-order chi connectivity index (χ0) is 29.1. The normalized spacial score (nSPS) is 13.0. The van der Waals surface area contributed by atoms with Crippen LogP contribution in [0.5, 0.6) is 0 Å². The van der Waals surface area contributed by atoms with E-state index in [-0.39, 0.29) is 34.8 Å². The molecule has 4 aromatic carbocycles. The minimum Gasteiger partial charge on any atom is -0.478 e. The van der Waals surface area contributed by atoms with Crippen molar-refractivity contribution in [2.45, 2.75) is 36.8 Å². The lowest BCUT2D eigenvalue weighted by Gasteiger charge is -2.29. The smallest absolute Gasteiger partial charge is 0.335 e. The number of nitrogens with one attached hydrogen (secondary N) is 1. The van der Waals surface area contributed by atoms with Crippen LogP contribution < -0.4 is 11.1 Å². The SMILES string of the molecule is CN(C[C@H](O)CNC(C)(C)Cc1ccc2ccccc2c1)S(=O)(=O)c1cccc(-c2cc(N)cc(C(=O)O)c2)c1. The molecule has 0 aliphatic carbocycles. The predicted molar refractivity (Wildman–Crippen MR) is 159 cm³/mol. The zero-order valence-corrected chi connectivity index (χ0v) is 23.7. The lowest BCUT2D eigenvalue weighted by atomic mass is 9.93. The Kier molecular flexibility index (Phi) is 8.60. The minimum atomic E-state index is -3.93. The second-order valence-electron chi connectivity index (χ2n) is 10.7. The maximum Gasteiger partial charge on any atom is 0.335 e. The van der Waals surface area contributed by atoms with Gasteiger partial charge in [0, 0.05) is 31.4 Å². The number of β-amino-alcohol motifs (C(OH)–C–C–N with tert-alkyl or cyclic N) is 1. The first-order valence-corrected chi connectivity index (χ1v) is 14.4. The van der Waals surface area contributed by atoms with Gasteiger partial charge in [-0.1, -0.05) is 54.6 Å².